The fourth-order valence-corrected chi connectivity index (χ4v) is 2.71. The first-order valence-corrected chi connectivity index (χ1v) is 7.44. The van der Waals surface area contributed by atoms with Crippen LogP contribution in [-0.4, -0.2) is 44.5 Å². The number of pyridine rings is 1. The Balaban J connectivity index is 1.37. The normalized spacial score (nSPS) is 17.8. The van der Waals surface area contributed by atoms with E-state index < -0.39 is 0 Å². The predicted octanol–water partition coefficient (Wildman–Crippen LogP) is 1.56. The minimum atomic E-state index is -0.361. The second-order valence-electron chi connectivity index (χ2n) is 5.55. The number of fused-ring (bicyclic) bond motifs is 1. The Morgan fingerprint density at radius 2 is 2.22 bits per heavy atom. The van der Waals surface area contributed by atoms with Gasteiger partial charge in [-0.1, -0.05) is 0 Å². The maximum absolute atomic E-state index is 12.8. The van der Waals surface area contributed by atoms with Crippen molar-refractivity contribution in [1.29, 1.82) is 0 Å². The van der Waals surface area contributed by atoms with Crippen molar-refractivity contribution in [3.8, 4) is 5.88 Å². The van der Waals surface area contributed by atoms with Crippen LogP contribution in [0.1, 0.15) is 6.42 Å². The lowest BCUT2D eigenvalue weighted by atomic mass is 10.1. The van der Waals surface area contributed by atoms with E-state index in [-0.39, 0.29) is 5.82 Å². The van der Waals surface area contributed by atoms with Gasteiger partial charge < -0.3 is 9.64 Å². The van der Waals surface area contributed by atoms with E-state index in [1.165, 1.54) is 6.07 Å². The number of rotatable bonds is 4. The Kier molecular flexibility index (Phi) is 3.49. The average Bonchev–Trinajstić information content (AvgIpc) is 3.22. The van der Waals surface area contributed by atoms with Gasteiger partial charge >= 0.3 is 0 Å². The van der Waals surface area contributed by atoms with Gasteiger partial charge in [0.2, 0.25) is 5.88 Å². The molecule has 1 fully saturated rings. The molecule has 23 heavy (non-hydrogen) atoms. The topological polar surface area (TPSA) is 68.4 Å². The molecule has 0 amide bonds. The summed E-state index contributed by atoms with van der Waals surface area (Å²) in [5.74, 6) is 1.38. The highest BCUT2D eigenvalue weighted by Crippen LogP contribution is 2.22. The lowest BCUT2D eigenvalue weighted by Gasteiger charge is -2.17. The van der Waals surface area contributed by atoms with Gasteiger partial charge in [-0.2, -0.15) is 4.52 Å². The van der Waals surface area contributed by atoms with Crippen molar-refractivity contribution < 1.29 is 9.13 Å². The van der Waals surface area contributed by atoms with Crippen LogP contribution in [0.15, 0.2) is 36.8 Å². The van der Waals surface area contributed by atoms with Crippen LogP contribution in [0.2, 0.25) is 0 Å². The molecule has 0 N–H and O–H groups in total. The van der Waals surface area contributed by atoms with Gasteiger partial charge in [-0.25, -0.2) is 9.37 Å². The van der Waals surface area contributed by atoms with Crippen LogP contribution in [0.25, 0.3) is 5.65 Å². The summed E-state index contributed by atoms with van der Waals surface area (Å²) >= 11 is 0. The highest BCUT2D eigenvalue weighted by atomic mass is 19.1. The Hall–Kier alpha value is -2.77. The predicted molar refractivity (Wildman–Crippen MR) is 80.8 cm³/mol. The van der Waals surface area contributed by atoms with Gasteiger partial charge in [0, 0.05) is 25.1 Å². The Bertz CT molecular complexity index is 805. The smallest absolute Gasteiger partial charge is 0.213 e. The van der Waals surface area contributed by atoms with Gasteiger partial charge in [0.15, 0.2) is 5.65 Å². The van der Waals surface area contributed by atoms with E-state index in [9.17, 15) is 4.39 Å². The molecule has 0 saturated carbocycles. The minimum Gasteiger partial charge on any atom is -0.477 e. The quantitative estimate of drug-likeness (QED) is 0.728. The highest BCUT2D eigenvalue weighted by molar-refractivity contribution is 5.45. The standard InChI is InChI=1S/C15H15FN6O/c16-12-1-4-15(17-7-12)23-9-11-5-6-21(8-11)14-3-2-13-19-18-10-22(13)20-14/h1-4,7,10-11H,5-6,8-9H2. The van der Waals surface area contributed by atoms with Crippen molar-refractivity contribution in [3.05, 3.63) is 42.6 Å². The second kappa shape index (κ2) is 5.79. The highest BCUT2D eigenvalue weighted by Gasteiger charge is 2.24. The lowest BCUT2D eigenvalue weighted by molar-refractivity contribution is 0.251. The van der Waals surface area contributed by atoms with Gasteiger partial charge in [-0.15, -0.1) is 15.3 Å². The molecule has 4 rings (SSSR count). The molecule has 0 bridgehead atoms. The summed E-state index contributed by atoms with van der Waals surface area (Å²) in [5.41, 5.74) is 0.732. The average molecular weight is 314 g/mol. The van der Waals surface area contributed by atoms with Crippen molar-refractivity contribution in [3.63, 3.8) is 0 Å². The second-order valence-corrected chi connectivity index (χ2v) is 5.55. The third kappa shape index (κ3) is 2.92. The number of anilines is 1. The van der Waals surface area contributed by atoms with Crippen LogP contribution in [0, 0.1) is 11.7 Å². The van der Waals surface area contributed by atoms with Crippen LogP contribution in [0.4, 0.5) is 10.2 Å². The number of aromatic nitrogens is 5. The first-order chi connectivity index (χ1) is 11.3. The molecule has 118 valence electrons. The van der Waals surface area contributed by atoms with E-state index in [2.05, 4.69) is 25.2 Å². The van der Waals surface area contributed by atoms with E-state index in [4.69, 9.17) is 4.74 Å². The molecule has 1 unspecified atom stereocenters. The molecule has 1 saturated heterocycles. The third-order valence-electron chi connectivity index (χ3n) is 3.92. The Morgan fingerprint density at radius 3 is 3.09 bits per heavy atom. The number of halogens is 1. The summed E-state index contributed by atoms with van der Waals surface area (Å²) < 4.78 is 20.1. The van der Waals surface area contributed by atoms with Crippen molar-refractivity contribution >= 4 is 11.5 Å². The minimum absolute atomic E-state index is 0.361. The van der Waals surface area contributed by atoms with Crippen molar-refractivity contribution in [2.75, 3.05) is 24.6 Å². The summed E-state index contributed by atoms with van der Waals surface area (Å²) in [7, 11) is 0. The maximum atomic E-state index is 12.8. The Morgan fingerprint density at radius 1 is 1.26 bits per heavy atom. The summed E-state index contributed by atoms with van der Waals surface area (Å²) in [5, 5.41) is 12.3. The number of hydrogen-bond acceptors (Lipinski definition) is 6. The zero-order chi connectivity index (χ0) is 15.6. The van der Waals surface area contributed by atoms with E-state index in [0.717, 1.165) is 37.2 Å². The molecular formula is C15H15FN6O. The summed E-state index contributed by atoms with van der Waals surface area (Å²) in [4.78, 5) is 6.12. The third-order valence-corrected chi connectivity index (χ3v) is 3.92. The van der Waals surface area contributed by atoms with Crippen LogP contribution in [-0.2, 0) is 0 Å². The van der Waals surface area contributed by atoms with E-state index >= 15 is 0 Å². The van der Waals surface area contributed by atoms with Crippen LogP contribution in [0.5, 0.6) is 5.88 Å². The molecular weight excluding hydrogens is 299 g/mol. The van der Waals surface area contributed by atoms with Gasteiger partial charge in [0.1, 0.15) is 18.0 Å². The van der Waals surface area contributed by atoms with E-state index in [0.29, 0.717) is 18.4 Å². The van der Waals surface area contributed by atoms with Gasteiger partial charge in [-0.3, -0.25) is 0 Å². The van der Waals surface area contributed by atoms with Gasteiger partial charge in [-0.05, 0) is 24.6 Å². The largest absolute Gasteiger partial charge is 0.477 e. The molecule has 1 atom stereocenters. The number of nitrogens with zero attached hydrogens (tertiary/aromatic N) is 6. The lowest BCUT2D eigenvalue weighted by Crippen LogP contribution is -2.23. The van der Waals surface area contributed by atoms with Crippen molar-refractivity contribution in [1.82, 2.24) is 24.8 Å². The molecule has 4 heterocycles. The Labute approximate surface area is 131 Å². The summed E-state index contributed by atoms with van der Waals surface area (Å²) in [6.45, 7) is 2.34. The van der Waals surface area contributed by atoms with E-state index in [1.54, 1.807) is 16.9 Å². The van der Waals surface area contributed by atoms with Crippen LogP contribution in [0.3, 0.4) is 0 Å². The molecule has 7 nitrogen and oxygen atoms in total. The maximum Gasteiger partial charge on any atom is 0.213 e. The molecule has 0 radical (unpaired) electrons. The summed E-state index contributed by atoms with van der Waals surface area (Å²) in [6, 6.07) is 6.75. The van der Waals surface area contributed by atoms with Gasteiger partial charge in [0.05, 0.1) is 12.8 Å². The fourth-order valence-electron chi connectivity index (χ4n) is 2.71. The van der Waals surface area contributed by atoms with Crippen molar-refractivity contribution in [2.24, 2.45) is 5.92 Å². The van der Waals surface area contributed by atoms with E-state index in [1.807, 2.05) is 12.1 Å². The zero-order valence-corrected chi connectivity index (χ0v) is 12.3. The molecule has 1 aliphatic rings. The number of hydrogen-bond donors (Lipinski definition) is 0. The fraction of sp³-hybridized carbons (Fsp3) is 0.333. The van der Waals surface area contributed by atoms with Crippen molar-refractivity contribution in [2.45, 2.75) is 6.42 Å². The number of ether oxygens (including phenoxy) is 1. The van der Waals surface area contributed by atoms with Crippen LogP contribution >= 0.6 is 0 Å². The van der Waals surface area contributed by atoms with Crippen LogP contribution < -0.4 is 9.64 Å². The zero-order valence-electron chi connectivity index (χ0n) is 12.3. The molecule has 1 aliphatic heterocycles. The molecule has 0 aromatic carbocycles. The molecule has 8 heteroatoms. The molecule has 0 spiro atoms. The monoisotopic (exact) mass is 314 g/mol. The molecule has 3 aromatic heterocycles. The SMILES string of the molecule is Fc1ccc(OCC2CCN(c3ccc4nncn4n3)C2)nc1. The first-order valence-electron chi connectivity index (χ1n) is 7.44. The molecule has 3 aromatic rings. The summed E-state index contributed by atoms with van der Waals surface area (Å²) in [6.07, 6.45) is 3.77. The molecule has 0 aliphatic carbocycles. The first kappa shape index (κ1) is 13.9. The van der Waals surface area contributed by atoms with Gasteiger partial charge in [0.25, 0.3) is 0 Å².